The van der Waals surface area contributed by atoms with E-state index in [1.807, 2.05) is 61.8 Å². The zero-order valence-corrected chi connectivity index (χ0v) is 15.8. The van der Waals surface area contributed by atoms with Crippen LogP contribution in [0.2, 0.25) is 0 Å². The minimum atomic E-state index is -0.791. The van der Waals surface area contributed by atoms with Gasteiger partial charge in [-0.1, -0.05) is 31.2 Å². The van der Waals surface area contributed by atoms with Gasteiger partial charge in [0.1, 0.15) is 0 Å². The summed E-state index contributed by atoms with van der Waals surface area (Å²) >= 11 is 0. The monoisotopic (exact) mass is 346 g/mol. The van der Waals surface area contributed by atoms with Gasteiger partial charge in [-0.2, -0.15) is 0 Å². The summed E-state index contributed by atoms with van der Waals surface area (Å²) in [7, 11) is 0. The lowest BCUT2D eigenvalue weighted by Gasteiger charge is -2.40. The van der Waals surface area contributed by atoms with E-state index in [9.17, 15) is 9.59 Å². The fourth-order valence-electron chi connectivity index (χ4n) is 3.89. The van der Waals surface area contributed by atoms with Crippen molar-refractivity contribution in [2.24, 2.45) is 0 Å². The van der Waals surface area contributed by atoms with E-state index >= 15 is 0 Å². The molecule has 0 aliphatic carbocycles. The second-order valence-electron chi connectivity index (χ2n) is 7.42. The molecular weight excluding hydrogens is 316 g/mol. The van der Waals surface area contributed by atoms with Crippen LogP contribution in [0.4, 0.5) is 0 Å². The molecule has 0 radical (unpaired) electrons. The molecule has 2 rings (SSSR count). The number of hydrogen-bond acceptors (Lipinski definition) is 3. The summed E-state index contributed by atoms with van der Waals surface area (Å²) in [5.74, 6) is -0.637. The van der Waals surface area contributed by atoms with Crippen LogP contribution in [-0.2, 0) is 15.0 Å². The van der Waals surface area contributed by atoms with Crippen molar-refractivity contribution in [1.29, 1.82) is 0 Å². The standard InChI is InChI=1S/C20H30N2O3/c1-5-21(14-18(23)24)16-10-12-22(13-11-16)19(25)20(3,4)17-9-7-6-8-15(17)2/h6-9,16H,5,10-14H2,1-4H3,(H,23,24). The molecule has 1 aliphatic heterocycles. The highest BCUT2D eigenvalue weighted by molar-refractivity contribution is 5.87. The van der Waals surface area contributed by atoms with Crippen LogP contribution in [0.25, 0.3) is 0 Å². The molecule has 0 saturated carbocycles. The summed E-state index contributed by atoms with van der Waals surface area (Å²) in [5.41, 5.74) is 1.65. The van der Waals surface area contributed by atoms with Crippen LogP contribution in [0.3, 0.4) is 0 Å². The average molecular weight is 346 g/mol. The lowest BCUT2D eigenvalue weighted by molar-refractivity contribution is -0.141. The predicted octanol–water partition coefficient (Wildman–Crippen LogP) is 2.67. The van der Waals surface area contributed by atoms with Crippen molar-refractivity contribution in [3.8, 4) is 0 Å². The third kappa shape index (κ3) is 4.40. The zero-order chi connectivity index (χ0) is 18.6. The van der Waals surface area contributed by atoms with E-state index in [0.29, 0.717) is 13.1 Å². The second kappa shape index (κ2) is 8.00. The van der Waals surface area contributed by atoms with Gasteiger partial charge >= 0.3 is 5.97 Å². The fourth-order valence-corrected chi connectivity index (χ4v) is 3.89. The number of carboxylic acid groups (broad SMARTS) is 1. The van der Waals surface area contributed by atoms with E-state index < -0.39 is 11.4 Å². The second-order valence-corrected chi connectivity index (χ2v) is 7.42. The largest absolute Gasteiger partial charge is 0.480 e. The van der Waals surface area contributed by atoms with Gasteiger partial charge in [-0.15, -0.1) is 0 Å². The number of likely N-dealkylation sites (N-methyl/N-ethyl adjacent to an activating group) is 1. The third-order valence-electron chi connectivity index (χ3n) is 5.37. The van der Waals surface area contributed by atoms with Crippen molar-refractivity contribution in [2.45, 2.75) is 52.0 Å². The number of nitrogens with zero attached hydrogens (tertiary/aromatic N) is 2. The molecule has 0 unspecified atom stereocenters. The number of rotatable bonds is 6. The van der Waals surface area contributed by atoms with Gasteiger partial charge in [-0.05, 0) is 51.3 Å². The van der Waals surface area contributed by atoms with Crippen LogP contribution in [-0.4, -0.2) is 59.0 Å². The molecule has 5 nitrogen and oxygen atoms in total. The lowest BCUT2D eigenvalue weighted by atomic mass is 9.80. The van der Waals surface area contributed by atoms with Crippen molar-refractivity contribution in [3.63, 3.8) is 0 Å². The van der Waals surface area contributed by atoms with E-state index in [1.165, 1.54) is 0 Å². The van der Waals surface area contributed by atoms with Gasteiger partial charge in [-0.3, -0.25) is 14.5 Å². The number of hydrogen-bond donors (Lipinski definition) is 1. The molecule has 25 heavy (non-hydrogen) atoms. The SMILES string of the molecule is CCN(CC(=O)O)C1CCN(C(=O)C(C)(C)c2ccccc2C)CC1. The van der Waals surface area contributed by atoms with Crippen LogP contribution in [0, 0.1) is 6.92 Å². The Kier molecular flexibility index (Phi) is 6.22. The van der Waals surface area contributed by atoms with Gasteiger partial charge in [0.05, 0.1) is 12.0 Å². The molecule has 0 bridgehead atoms. The Morgan fingerprint density at radius 3 is 2.36 bits per heavy atom. The number of aliphatic carboxylic acids is 1. The summed E-state index contributed by atoms with van der Waals surface area (Å²) in [6, 6.07) is 8.29. The quantitative estimate of drug-likeness (QED) is 0.860. The summed E-state index contributed by atoms with van der Waals surface area (Å²) < 4.78 is 0. The first-order chi connectivity index (χ1) is 11.8. The van der Waals surface area contributed by atoms with Crippen molar-refractivity contribution in [3.05, 3.63) is 35.4 Å². The number of carbonyl (C=O) groups excluding carboxylic acids is 1. The maximum Gasteiger partial charge on any atom is 0.317 e. The Hall–Kier alpha value is -1.88. The molecule has 1 aromatic rings. The molecule has 5 heteroatoms. The predicted molar refractivity (Wildman–Crippen MR) is 98.7 cm³/mol. The van der Waals surface area contributed by atoms with Gasteiger partial charge in [0.25, 0.3) is 0 Å². The number of likely N-dealkylation sites (tertiary alicyclic amines) is 1. The van der Waals surface area contributed by atoms with Crippen LogP contribution < -0.4 is 0 Å². The van der Waals surface area contributed by atoms with Gasteiger partial charge < -0.3 is 10.0 Å². The van der Waals surface area contributed by atoms with Crippen LogP contribution >= 0.6 is 0 Å². The van der Waals surface area contributed by atoms with Crippen LogP contribution in [0.1, 0.15) is 44.7 Å². The fraction of sp³-hybridized carbons (Fsp3) is 0.600. The van der Waals surface area contributed by atoms with Crippen molar-refractivity contribution in [1.82, 2.24) is 9.80 Å². The Balaban J connectivity index is 2.03. The van der Waals surface area contributed by atoms with Crippen LogP contribution in [0.5, 0.6) is 0 Å². The topological polar surface area (TPSA) is 60.9 Å². The molecular formula is C20H30N2O3. The number of piperidine rings is 1. The molecule has 1 saturated heterocycles. The molecule has 1 aliphatic rings. The lowest BCUT2D eigenvalue weighted by Crippen LogP contribution is -2.51. The first kappa shape index (κ1) is 19.4. The average Bonchev–Trinajstić information content (AvgIpc) is 2.59. The van der Waals surface area contributed by atoms with Crippen molar-refractivity contribution < 1.29 is 14.7 Å². The van der Waals surface area contributed by atoms with Crippen molar-refractivity contribution >= 4 is 11.9 Å². The van der Waals surface area contributed by atoms with E-state index in [-0.39, 0.29) is 18.5 Å². The third-order valence-corrected chi connectivity index (χ3v) is 5.37. The molecule has 0 atom stereocenters. The van der Waals surface area contributed by atoms with E-state index in [0.717, 1.165) is 30.5 Å². The molecule has 1 N–H and O–H groups in total. The van der Waals surface area contributed by atoms with Gasteiger partial charge in [-0.25, -0.2) is 0 Å². The number of benzene rings is 1. The van der Waals surface area contributed by atoms with E-state index in [1.54, 1.807) is 0 Å². The highest BCUT2D eigenvalue weighted by Gasteiger charge is 2.37. The molecule has 138 valence electrons. The Morgan fingerprint density at radius 1 is 1.24 bits per heavy atom. The molecule has 1 amide bonds. The number of aryl methyl sites for hydroxylation is 1. The van der Waals surface area contributed by atoms with E-state index in [4.69, 9.17) is 5.11 Å². The van der Waals surface area contributed by atoms with Gasteiger partial charge in [0.15, 0.2) is 0 Å². The van der Waals surface area contributed by atoms with Crippen LogP contribution in [0.15, 0.2) is 24.3 Å². The Labute approximate surface area is 150 Å². The maximum atomic E-state index is 13.1. The molecule has 1 heterocycles. The molecule has 1 aromatic carbocycles. The molecule has 1 fully saturated rings. The minimum Gasteiger partial charge on any atom is -0.480 e. The molecule has 0 aromatic heterocycles. The Bertz CT molecular complexity index is 619. The summed E-state index contributed by atoms with van der Waals surface area (Å²) in [6.07, 6.45) is 1.66. The summed E-state index contributed by atoms with van der Waals surface area (Å²) in [5, 5.41) is 9.04. The first-order valence-corrected chi connectivity index (χ1v) is 9.08. The first-order valence-electron chi connectivity index (χ1n) is 9.08. The normalized spacial score (nSPS) is 16.3. The zero-order valence-electron chi connectivity index (χ0n) is 15.8. The highest BCUT2D eigenvalue weighted by atomic mass is 16.4. The van der Waals surface area contributed by atoms with E-state index in [2.05, 4.69) is 0 Å². The highest BCUT2D eigenvalue weighted by Crippen LogP contribution is 2.30. The minimum absolute atomic E-state index is 0.0732. The van der Waals surface area contributed by atoms with Crippen molar-refractivity contribution in [2.75, 3.05) is 26.2 Å². The van der Waals surface area contributed by atoms with Gasteiger partial charge in [0, 0.05) is 19.1 Å². The summed E-state index contributed by atoms with van der Waals surface area (Å²) in [4.78, 5) is 28.1. The Morgan fingerprint density at radius 2 is 1.84 bits per heavy atom. The van der Waals surface area contributed by atoms with Gasteiger partial charge in [0.2, 0.25) is 5.91 Å². The smallest absolute Gasteiger partial charge is 0.317 e. The molecule has 0 spiro atoms. The maximum absolute atomic E-state index is 13.1. The number of carboxylic acids is 1. The number of amides is 1. The summed E-state index contributed by atoms with van der Waals surface area (Å²) in [6.45, 7) is 10.2. The number of carbonyl (C=O) groups is 2.